The van der Waals surface area contributed by atoms with Gasteiger partial charge >= 0.3 is 0 Å². The molecule has 0 saturated heterocycles. The maximum atomic E-state index is 12.2. The van der Waals surface area contributed by atoms with Gasteiger partial charge in [0.05, 0.1) is 19.2 Å². The van der Waals surface area contributed by atoms with Crippen LogP contribution < -0.4 is 4.74 Å². The molecule has 94 valence electrons. The van der Waals surface area contributed by atoms with Crippen LogP contribution in [0.5, 0.6) is 5.75 Å². The summed E-state index contributed by atoms with van der Waals surface area (Å²) < 4.78 is 5.15. The van der Waals surface area contributed by atoms with Gasteiger partial charge in [0.15, 0.2) is 5.82 Å². The number of aromatic amines is 1. The van der Waals surface area contributed by atoms with Crippen molar-refractivity contribution in [2.75, 3.05) is 14.2 Å². The predicted octanol–water partition coefficient (Wildman–Crippen LogP) is 0.480. The zero-order chi connectivity index (χ0) is 13.0. The molecule has 2 aromatic rings. The van der Waals surface area contributed by atoms with Gasteiger partial charge in [-0.25, -0.2) is 0 Å². The summed E-state index contributed by atoms with van der Waals surface area (Å²) in [5, 5.41) is 13.4. The van der Waals surface area contributed by atoms with E-state index in [-0.39, 0.29) is 12.5 Å². The lowest BCUT2D eigenvalue weighted by molar-refractivity contribution is 0.0778. The van der Waals surface area contributed by atoms with E-state index in [1.165, 1.54) is 12.0 Å². The molecule has 0 saturated carbocycles. The van der Waals surface area contributed by atoms with Gasteiger partial charge < -0.3 is 9.64 Å². The van der Waals surface area contributed by atoms with Gasteiger partial charge in [0.25, 0.3) is 5.91 Å². The number of nitrogens with zero attached hydrogens (tertiary/aromatic N) is 4. The Labute approximate surface area is 104 Å². The van der Waals surface area contributed by atoms with Crippen LogP contribution in [-0.2, 0) is 6.54 Å². The molecule has 0 bridgehead atoms. The zero-order valence-electron chi connectivity index (χ0n) is 10.1. The molecule has 18 heavy (non-hydrogen) atoms. The van der Waals surface area contributed by atoms with Crippen LogP contribution in [0, 0.1) is 0 Å². The number of para-hydroxylation sites is 1. The van der Waals surface area contributed by atoms with Crippen LogP contribution in [0.2, 0.25) is 0 Å². The number of ether oxygens (including phenoxy) is 1. The van der Waals surface area contributed by atoms with E-state index in [1.54, 1.807) is 25.2 Å². The first-order chi connectivity index (χ1) is 8.72. The van der Waals surface area contributed by atoms with Crippen molar-refractivity contribution in [3.05, 3.63) is 35.7 Å². The van der Waals surface area contributed by atoms with Gasteiger partial charge in [0.2, 0.25) is 0 Å². The van der Waals surface area contributed by atoms with Crippen LogP contribution in [-0.4, -0.2) is 45.6 Å². The Hall–Kier alpha value is -2.44. The average molecular weight is 247 g/mol. The fourth-order valence-electron chi connectivity index (χ4n) is 1.56. The highest BCUT2D eigenvalue weighted by Gasteiger charge is 2.17. The Morgan fingerprint density at radius 1 is 1.44 bits per heavy atom. The van der Waals surface area contributed by atoms with Crippen LogP contribution in [0.25, 0.3) is 0 Å². The molecule has 0 spiro atoms. The summed E-state index contributed by atoms with van der Waals surface area (Å²) in [6.07, 6.45) is 0. The van der Waals surface area contributed by atoms with Gasteiger partial charge in [0, 0.05) is 7.05 Å². The number of hydrogen-bond acceptors (Lipinski definition) is 5. The molecule has 0 fully saturated rings. The number of carbonyl (C=O) groups is 1. The summed E-state index contributed by atoms with van der Waals surface area (Å²) in [5.41, 5.74) is 0.506. The number of nitrogens with one attached hydrogen (secondary N) is 1. The van der Waals surface area contributed by atoms with Crippen molar-refractivity contribution in [1.29, 1.82) is 0 Å². The summed E-state index contributed by atoms with van der Waals surface area (Å²) in [5.74, 6) is 0.848. The molecule has 0 aliphatic rings. The van der Waals surface area contributed by atoms with Gasteiger partial charge in [-0.3, -0.25) is 4.79 Å². The van der Waals surface area contributed by atoms with Crippen LogP contribution in [0.15, 0.2) is 24.3 Å². The molecule has 0 aliphatic carbocycles. The molecule has 1 aromatic heterocycles. The second kappa shape index (κ2) is 5.26. The van der Waals surface area contributed by atoms with Crippen molar-refractivity contribution in [2.24, 2.45) is 0 Å². The molecule has 7 nitrogen and oxygen atoms in total. The first kappa shape index (κ1) is 12.0. The average Bonchev–Trinajstić information content (AvgIpc) is 2.90. The molecule has 7 heteroatoms. The summed E-state index contributed by atoms with van der Waals surface area (Å²) in [6.45, 7) is 0.285. The molecule has 1 N–H and O–H groups in total. The largest absolute Gasteiger partial charge is 0.496 e. The maximum absolute atomic E-state index is 12.2. The third-order valence-electron chi connectivity index (χ3n) is 2.45. The third-order valence-corrected chi connectivity index (χ3v) is 2.45. The first-order valence-corrected chi connectivity index (χ1v) is 5.33. The highest BCUT2D eigenvalue weighted by Crippen LogP contribution is 2.19. The van der Waals surface area contributed by atoms with Crippen LogP contribution >= 0.6 is 0 Å². The number of amides is 1. The highest BCUT2D eigenvalue weighted by molar-refractivity contribution is 5.96. The highest BCUT2D eigenvalue weighted by atomic mass is 16.5. The number of benzene rings is 1. The van der Waals surface area contributed by atoms with Crippen LogP contribution in [0.1, 0.15) is 16.2 Å². The molecular weight excluding hydrogens is 234 g/mol. The minimum atomic E-state index is -0.155. The predicted molar refractivity (Wildman–Crippen MR) is 63.0 cm³/mol. The Morgan fingerprint density at radius 3 is 2.89 bits per heavy atom. The van der Waals surface area contributed by atoms with Crippen molar-refractivity contribution in [2.45, 2.75) is 6.54 Å². The number of tetrazole rings is 1. The van der Waals surface area contributed by atoms with Crippen LogP contribution in [0.4, 0.5) is 0 Å². The first-order valence-electron chi connectivity index (χ1n) is 5.33. The summed E-state index contributed by atoms with van der Waals surface area (Å²) in [7, 11) is 3.20. The smallest absolute Gasteiger partial charge is 0.257 e. The maximum Gasteiger partial charge on any atom is 0.257 e. The summed E-state index contributed by atoms with van der Waals surface area (Å²) in [4.78, 5) is 13.7. The van der Waals surface area contributed by atoms with Crippen molar-refractivity contribution in [3.8, 4) is 5.75 Å². The van der Waals surface area contributed by atoms with Gasteiger partial charge in [-0.15, -0.1) is 10.2 Å². The lowest BCUT2D eigenvalue weighted by atomic mass is 10.2. The van der Waals surface area contributed by atoms with E-state index in [9.17, 15) is 4.79 Å². The number of hydrogen-bond donors (Lipinski definition) is 1. The minimum Gasteiger partial charge on any atom is -0.496 e. The minimum absolute atomic E-state index is 0.155. The van der Waals surface area contributed by atoms with Gasteiger partial charge in [0.1, 0.15) is 5.75 Å². The molecule has 1 amide bonds. The van der Waals surface area contributed by atoms with Crippen molar-refractivity contribution in [1.82, 2.24) is 25.5 Å². The van der Waals surface area contributed by atoms with E-state index in [0.29, 0.717) is 17.1 Å². The lowest BCUT2D eigenvalue weighted by Gasteiger charge is -2.16. The summed E-state index contributed by atoms with van der Waals surface area (Å²) in [6, 6.07) is 7.07. The van der Waals surface area contributed by atoms with E-state index < -0.39 is 0 Å². The summed E-state index contributed by atoms with van der Waals surface area (Å²) >= 11 is 0. The standard InChI is InChI=1S/C11H13N5O2/c1-16(7-10-12-14-15-13-10)11(17)8-5-3-4-6-9(8)18-2/h3-6H,7H2,1-2H3,(H,12,13,14,15). The topological polar surface area (TPSA) is 84.0 Å². The Morgan fingerprint density at radius 2 is 2.22 bits per heavy atom. The number of H-pyrrole nitrogens is 1. The molecule has 0 atom stereocenters. The Kier molecular flexibility index (Phi) is 3.52. The van der Waals surface area contributed by atoms with Gasteiger partial charge in [-0.05, 0) is 12.1 Å². The monoisotopic (exact) mass is 247 g/mol. The van der Waals surface area contributed by atoms with E-state index in [2.05, 4.69) is 20.6 Å². The Balaban J connectivity index is 2.15. The number of aromatic nitrogens is 4. The SMILES string of the molecule is COc1ccccc1C(=O)N(C)Cc1nn[nH]n1. The number of methoxy groups -OCH3 is 1. The molecular formula is C11H13N5O2. The molecule has 2 rings (SSSR count). The third kappa shape index (κ3) is 2.45. The van der Waals surface area contributed by atoms with E-state index in [4.69, 9.17) is 4.74 Å². The Bertz CT molecular complexity index is 526. The fraction of sp³-hybridized carbons (Fsp3) is 0.273. The van der Waals surface area contributed by atoms with Crippen molar-refractivity contribution < 1.29 is 9.53 Å². The fourth-order valence-corrected chi connectivity index (χ4v) is 1.56. The van der Waals surface area contributed by atoms with Gasteiger partial charge in [-0.1, -0.05) is 17.3 Å². The van der Waals surface area contributed by atoms with E-state index >= 15 is 0 Å². The molecule has 1 heterocycles. The molecule has 0 aliphatic heterocycles. The quantitative estimate of drug-likeness (QED) is 0.849. The van der Waals surface area contributed by atoms with Crippen molar-refractivity contribution in [3.63, 3.8) is 0 Å². The lowest BCUT2D eigenvalue weighted by Crippen LogP contribution is -2.27. The second-order valence-corrected chi connectivity index (χ2v) is 3.69. The molecule has 0 radical (unpaired) electrons. The van der Waals surface area contributed by atoms with E-state index in [1.807, 2.05) is 6.07 Å². The van der Waals surface area contributed by atoms with Crippen LogP contribution in [0.3, 0.4) is 0 Å². The van der Waals surface area contributed by atoms with Crippen molar-refractivity contribution >= 4 is 5.91 Å². The molecule has 1 aromatic carbocycles. The molecule has 0 unspecified atom stereocenters. The number of rotatable bonds is 4. The normalized spacial score (nSPS) is 10.1. The zero-order valence-corrected chi connectivity index (χ0v) is 10.1. The van der Waals surface area contributed by atoms with E-state index in [0.717, 1.165) is 0 Å². The number of carbonyl (C=O) groups excluding carboxylic acids is 1. The van der Waals surface area contributed by atoms with Gasteiger partial charge in [-0.2, -0.15) is 5.21 Å². The second-order valence-electron chi connectivity index (χ2n) is 3.69.